The van der Waals surface area contributed by atoms with Crippen LogP contribution < -0.4 is 0 Å². The first-order valence-electron chi connectivity index (χ1n) is 8.79. The summed E-state index contributed by atoms with van der Waals surface area (Å²) in [4.78, 5) is 17.0. The molecule has 1 aliphatic heterocycles. The molecule has 4 nitrogen and oxygen atoms in total. The molecule has 0 spiro atoms. The van der Waals surface area contributed by atoms with E-state index in [1.165, 1.54) is 5.56 Å². The summed E-state index contributed by atoms with van der Waals surface area (Å²) in [5, 5.41) is 0. The van der Waals surface area contributed by atoms with Gasteiger partial charge in [0.25, 0.3) is 5.91 Å². The van der Waals surface area contributed by atoms with Crippen molar-refractivity contribution in [2.75, 3.05) is 19.6 Å². The van der Waals surface area contributed by atoms with Gasteiger partial charge in [-0.3, -0.25) is 9.69 Å². The Hall–Kier alpha value is -2.07. The maximum atomic E-state index is 12.5. The second-order valence-corrected chi connectivity index (χ2v) is 6.58. The number of nitrogens with zero attached hydrogens (tertiary/aromatic N) is 2. The maximum absolute atomic E-state index is 12.5. The predicted octanol–water partition coefficient (Wildman–Crippen LogP) is 3.45. The molecule has 128 valence electrons. The number of piperazine rings is 1. The minimum atomic E-state index is 0.00304. The van der Waals surface area contributed by atoms with Crippen LogP contribution in [0, 0.1) is 0 Å². The van der Waals surface area contributed by atoms with Crippen molar-refractivity contribution in [3.05, 3.63) is 60.1 Å². The zero-order valence-corrected chi connectivity index (χ0v) is 14.5. The highest BCUT2D eigenvalue weighted by atomic mass is 16.3. The fraction of sp³-hybridized carbons (Fsp3) is 0.450. The third-order valence-corrected chi connectivity index (χ3v) is 5.14. The standard InChI is InChI=1S/C20H26N2O2/c1-16-17(2)22(20(23)19-11-7-15-24-19)14-13-21(16)12-6-10-18-8-4-3-5-9-18/h3-5,7-9,11,15-17H,6,10,12-14H2,1-2H3/t16-,17-/m0/s1. The van der Waals surface area contributed by atoms with Crippen molar-refractivity contribution < 1.29 is 9.21 Å². The molecule has 1 aromatic heterocycles. The van der Waals surface area contributed by atoms with E-state index in [1.54, 1.807) is 18.4 Å². The number of benzene rings is 1. The molecule has 2 aromatic rings. The van der Waals surface area contributed by atoms with Crippen LogP contribution in [0.25, 0.3) is 0 Å². The van der Waals surface area contributed by atoms with Crippen LogP contribution in [-0.4, -0.2) is 47.4 Å². The number of hydrogen-bond acceptors (Lipinski definition) is 3. The highest BCUT2D eigenvalue weighted by Gasteiger charge is 2.34. The molecule has 1 saturated heterocycles. The molecule has 1 aromatic carbocycles. The average molecular weight is 326 g/mol. The molecular weight excluding hydrogens is 300 g/mol. The number of carbonyl (C=O) groups is 1. The van der Waals surface area contributed by atoms with E-state index >= 15 is 0 Å². The molecule has 1 fully saturated rings. The molecule has 4 heteroatoms. The highest BCUT2D eigenvalue weighted by molar-refractivity contribution is 5.91. The Morgan fingerprint density at radius 2 is 1.88 bits per heavy atom. The molecule has 1 amide bonds. The van der Waals surface area contributed by atoms with Gasteiger partial charge in [-0.15, -0.1) is 0 Å². The molecule has 0 bridgehead atoms. The van der Waals surface area contributed by atoms with Crippen molar-refractivity contribution >= 4 is 5.91 Å². The molecule has 24 heavy (non-hydrogen) atoms. The van der Waals surface area contributed by atoms with E-state index < -0.39 is 0 Å². The first-order valence-corrected chi connectivity index (χ1v) is 8.79. The molecule has 2 heterocycles. The SMILES string of the molecule is C[C@H]1[C@H](C)N(C(=O)c2ccco2)CCN1CCCc1ccccc1. The van der Waals surface area contributed by atoms with E-state index in [4.69, 9.17) is 4.42 Å². The quantitative estimate of drug-likeness (QED) is 0.844. The Kier molecular flexibility index (Phi) is 5.36. The lowest BCUT2D eigenvalue weighted by Crippen LogP contribution is -2.58. The van der Waals surface area contributed by atoms with Crippen LogP contribution in [0.5, 0.6) is 0 Å². The van der Waals surface area contributed by atoms with Gasteiger partial charge in [-0.05, 0) is 50.9 Å². The third-order valence-electron chi connectivity index (χ3n) is 5.14. The number of carbonyl (C=O) groups excluding carboxylic acids is 1. The third kappa shape index (κ3) is 3.70. The van der Waals surface area contributed by atoms with Gasteiger partial charge in [0.1, 0.15) is 0 Å². The minimum Gasteiger partial charge on any atom is -0.459 e. The monoisotopic (exact) mass is 326 g/mol. The Morgan fingerprint density at radius 1 is 1.08 bits per heavy atom. The summed E-state index contributed by atoms with van der Waals surface area (Å²) in [5.41, 5.74) is 1.39. The van der Waals surface area contributed by atoms with Crippen LogP contribution in [0.4, 0.5) is 0 Å². The summed E-state index contributed by atoms with van der Waals surface area (Å²) in [7, 11) is 0. The van der Waals surface area contributed by atoms with Crippen LogP contribution >= 0.6 is 0 Å². The molecule has 0 saturated carbocycles. The number of aryl methyl sites for hydroxylation is 1. The van der Waals surface area contributed by atoms with Crippen molar-refractivity contribution in [2.24, 2.45) is 0 Å². The van der Waals surface area contributed by atoms with Gasteiger partial charge in [0.15, 0.2) is 5.76 Å². The number of hydrogen-bond donors (Lipinski definition) is 0. The average Bonchev–Trinajstić information content (AvgIpc) is 3.14. The number of rotatable bonds is 5. The van der Waals surface area contributed by atoms with Gasteiger partial charge in [-0.2, -0.15) is 0 Å². The van der Waals surface area contributed by atoms with E-state index in [1.807, 2.05) is 4.90 Å². The number of furan rings is 1. The second kappa shape index (κ2) is 7.67. The van der Waals surface area contributed by atoms with Crippen LogP contribution in [0.15, 0.2) is 53.1 Å². The number of amides is 1. The topological polar surface area (TPSA) is 36.7 Å². The first kappa shape index (κ1) is 16.8. The molecule has 0 aliphatic carbocycles. The van der Waals surface area contributed by atoms with Gasteiger partial charge in [0.05, 0.1) is 6.26 Å². The zero-order valence-electron chi connectivity index (χ0n) is 14.5. The van der Waals surface area contributed by atoms with E-state index in [-0.39, 0.29) is 11.9 Å². The molecular formula is C20H26N2O2. The summed E-state index contributed by atoms with van der Waals surface area (Å²) >= 11 is 0. The van der Waals surface area contributed by atoms with Gasteiger partial charge in [0, 0.05) is 25.2 Å². The molecule has 2 atom stereocenters. The van der Waals surface area contributed by atoms with E-state index in [9.17, 15) is 4.79 Å². The summed E-state index contributed by atoms with van der Waals surface area (Å²) in [6, 6.07) is 14.7. The van der Waals surface area contributed by atoms with E-state index in [2.05, 4.69) is 49.1 Å². The van der Waals surface area contributed by atoms with Gasteiger partial charge < -0.3 is 9.32 Å². The van der Waals surface area contributed by atoms with E-state index in [0.717, 1.165) is 32.5 Å². The van der Waals surface area contributed by atoms with Gasteiger partial charge in [-0.25, -0.2) is 0 Å². The fourth-order valence-corrected chi connectivity index (χ4v) is 3.48. The van der Waals surface area contributed by atoms with Crippen LogP contribution in [0.1, 0.15) is 36.4 Å². The zero-order chi connectivity index (χ0) is 16.9. The highest BCUT2D eigenvalue weighted by Crippen LogP contribution is 2.20. The lowest BCUT2D eigenvalue weighted by atomic mass is 10.0. The Balaban J connectivity index is 1.53. The fourth-order valence-electron chi connectivity index (χ4n) is 3.48. The minimum absolute atomic E-state index is 0.00304. The van der Waals surface area contributed by atoms with Gasteiger partial charge in [0.2, 0.25) is 0 Å². The van der Waals surface area contributed by atoms with Gasteiger partial charge >= 0.3 is 0 Å². The van der Waals surface area contributed by atoms with Crippen molar-refractivity contribution in [3.8, 4) is 0 Å². The maximum Gasteiger partial charge on any atom is 0.289 e. The summed E-state index contributed by atoms with van der Waals surface area (Å²) in [6.45, 7) is 7.11. The largest absolute Gasteiger partial charge is 0.459 e. The summed E-state index contributed by atoms with van der Waals surface area (Å²) in [5.74, 6) is 0.440. The van der Waals surface area contributed by atoms with Crippen molar-refractivity contribution in [1.29, 1.82) is 0 Å². The molecule has 0 radical (unpaired) electrons. The van der Waals surface area contributed by atoms with E-state index in [0.29, 0.717) is 11.8 Å². The molecule has 0 unspecified atom stereocenters. The van der Waals surface area contributed by atoms with Crippen molar-refractivity contribution in [2.45, 2.75) is 38.8 Å². The second-order valence-electron chi connectivity index (χ2n) is 6.58. The molecule has 1 aliphatic rings. The molecule has 0 N–H and O–H groups in total. The normalized spacial score (nSPS) is 21.8. The smallest absolute Gasteiger partial charge is 0.289 e. The van der Waals surface area contributed by atoms with Crippen LogP contribution in [0.3, 0.4) is 0 Å². The summed E-state index contributed by atoms with van der Waals surface area (Å²) < 4.78 is 5.27. The Morgan fingerprint density at radius 3 is 2.58 bits per heavy atom. The first-order chi connectivity index (χ1) is 11.7. The Bertz CT molecular complexity index is 639. The van der Waals surface area contributed by atoms with Crippen LogP contribution in [0.2, 0.25) is 0 Å². The predicted molar refractivity (Wildman–Crippen MR) is 95.0 cm³/mol. The van der Waals surface area contributed by atoms with Crippen molar-refractivity contribution in [1.82, 2.24) is 9.80 Å². The summed E-state index contributed by atoms with van der Waals surface area (Å²) in [6.07, 6.45) is 3.81. The van der Waals surface area contributed by atoms with Crippen molar-refractivity contribution in [3.63, 3.8) is 0 Å². The van der Waals surface area contributed by atoms with Gasteiger partial charge in [-0.1, -0.05) is 30.3 Å². The molecule has 3 rings (SSSR count). The lowest BCUT2D eigenvalue weighted by molar-refractivity contribution is 0.0253. The Labute approximate surface area is 144 Å². The van der Waals surface area contributed by atoms with Crippen LogP contribution in [-0.2, 0) is 6.42 Å². The lowest BCUT2D eigenvalue weighted by Gasteiger charge is -2.44.